The van der Waals surface area contributed by atoms with Gasteiger partial charge in [-0.15, -0.1) is 11.3 Å². The highest BCUT2D eigenvalue weighted by Crippen LogP contribution is 2.38. The molecule has 3 aromatic heterocycles. The third-order valence-electron chi connectivity index (χ3n) is 5.37. The van der Waals surface area contributed by atoms with Gasteiger partial charge in [-0.25, -0.2) is 18.6 Å². The van der Waals surface area contributed by atoms with Crippen LogP contribution in [0.25, 0.3) is 21.3 Å². The highest BCUT2D eigenvalue weighted by molar-refractivity contribution is 7.17. The number of aromatic carboxylic acids is 1. The molecule has 0 radical (unpaired) electrons. The highest BCUT2D eigenvalue weighted by Gasteiger charge is 2.21. The SMILES string of the molecule is CCOc1cc(-c2ccnc(NCCn3c(C)cc4c(OC)ccc(F)c43)c2F)sc1C(=O)O. The maximum Gasteiger partial charge on any atom is 0.349 e. The second kappa shape index (κ2) is 9.68. The molecule has 0 atom stereocenters. The zero-order chi connectivity index (χ0) is 24.4. The summed E-state index contributed by atoms with van der Waals surface area (Å²) >= 11 is 0.936. The van der Waals surface area contributed by atoms with Gasteiger partial charge in [-0.2, -0.15) is 0 Å². The molecule has 4 aromatic rings. The van der Waals surface area contributed by atoms with E-state index in [9.17, 15) is 14.3 Å². The van der Waals surface area contributed by atoms with Gasteiger partial charge in [0, 0.05) is 40.8 Å². The van der Waals surface area contributed by atoms with Crippen molar-refractivity contribution in [2.75, 3.05) is 25.6 Å². The van der Waals surface area contributed by atoms with Crippen LogP contribution < -0.4 is 14.8 Å². The van der Waals surface area contributed by atoms with E-state index in [1.807, 2.05) is 13.0 Å². The van der Waals surface area contributed by atoms with Crippen molar-refractivity contribution in [1.29, 1.82) is 0 Å². The molecule has 0 spiro atoms. The van der Waals surface area contributed by atoms with Gasteiger partial charge in [0.05, 0.1) is 19.2 Å². The van der Waals surface area contributed by atoms with Crippen molar-refractivity contribution < 1.29 is 28.2 Å². The van der Waals surface area contributed by atoms with Crippen LogP contribution in [0.2, 0.25) is 0 Å². The minimum absolute atomic E-state index is 0.00925. The lowest BCUT2D eigenvalue weighted by atomic mass is 10.2. The summed E-state index contributed by atoms with van der Waals surface area (Å²) in [5.74, 6) is -1.31. The van der Waals surface area contributed by atoms with Crippen LogP contribution in [0.15, 0.2) is 36.5 Å². The standard InChI is InChI=1S/C24H23F2N3O4S/c1-4-33-18-12-19(34-22(18)24(30)31)14-7-8-27-23(20(14)26)28-9-10-29-13(2)11-15-17(32-3)6-5-16(25)21(15)29/h5-8,11-12H,4,9-10H2,1-3H3,(H,27,28)(H,30,31). The van der Waals surface area contributed by atoms with E-state index in [0.717, 1.165) is 17.0 Å². The molecule has 0 aliphatic rings. The minimum Gasteiger partial charge on any atom is -0.496 e. The second-order valence-corrected chi connectivity index (χ2v) is 8.49. The fraction of sp³-hybridized carbons (Fsp3) is 0.250. The van der Waals surface area contributed by atoms with Gasteiger partial charge in [-0.05, 0) is 44.2 Å². The number of hydrogen-bond acceptors (Lipinski definition) is 6. The molecule has 7 nitrogen and oxygen atoms in total. The Bertz CT molecular complexity index is 1370. The van der Waals surface area contributed by atoms with Gasteiger partial charge in [0.2, 0.25) is 0 Å². The molecular formula is C24H23F2N3O4S. The second-order valence-electron chi connectivity index (χ2n) is 7.44. The Balaban J connectivity index is 1.57. The molecule has 0 aliphatic carbocycles. The predicted octanol–water partition coefficient (Wildman–Crippen LogP) is 5.57. The fourth-order valence-corrected chi connectivity index (χ4v) is 4.83. The molecule has 0 fully saturated rings. The summed E-state index contributed by atoms with van der Waals surface area (Å²) in [4.78, 5) is 16.0. The Kier molecular flexibility index (Phi) is 6.69. The summed E-state index contributed by atoms with van der Waals surface area (Å²) in [5.41, 5.74) is 1.48. The molecule has 0 aliphatic heterocycles. The Morgan fingerprint density at radius 2 is 2.03 bits per heavy atom. The highest BCUT2D eigenvalue weighted by atomic mass is 32.1. The molecule has 10 heteroatoms. The zero-order valence-electron chi connectivity index (χ0n) is 18.8. The van der Waals surface area contributed by atoms with Gasteiger partial charge < -0.3 is 24.5 Å². The van der Waals surface area contributed by atoms with Gasteiger partial charge in [-0.1, -0.05) is 0 Å². The first-order chi connectivity index (χ1) is 16.3. The number of ether oxygens (including phenoxy) is 2. The van der Waals surface area contributed by atoms with Crippen LogP contribution >= 0.6 is 11.3 Å². The van der Waals surface area contributed by atoms with Crippen molar-refractivity contribution in [2.24, 2.45) is 0 Å². The van der Waals surface area contributed by atoms with E-state index in [4.69, 9.17) is 9.47 Å². The number of aryl methyl sites for hydroxylation is 1. The number of pyridine rings is 1. The van der Waals surface area contributed by atoms with Crippen LogP contribution in [0.4, 0.5) is 14.6 Å². The summed E-state index contributed by atoms with van der Waals surface area (Å²) in [6, 6.07) is 7.80. The van der Waals surface area contributed by atoms with Gasteiger partial charge in [0.1, 0.15) is 17.3 Å². The van der Waals surface area contributed by atoms with E-state index in [-0.39, 0.29) is 34.4 Å². The van der Waals surface area contributed by atoms with E-state index in [0.29, 0.717) is 34.7 Å². The number of methoxy groups -OCH3 is 1. The van der Waals surface area contributed by atoms with Gasteiger partial charge in [0.15, 0.2) is 16.5 Å². The smallest absolute Gasteiger partial charge is 0.349 e. The van der Waals surface area contributed by atoms with Crippen molar-refractivity contribution in [3.8, 4) is 21.9 Å². The van der Waals surface area contributed by atoms with Crippen LogP contribution in [0.3, 0.4) is 0 Å². The number of rotatable bonds is 9. The molecule has 4 rings (SSSR count). The van der Waals surface area contributed by atoms with Crippen LogP contribution in [-0.2, 0) is 6.54 Å². The number of carbonyl (C=O) groups is 1. The molecule has 0 saturated heterocycles. The quantitative estimate of drug-likeness (QED) is 0.321. The van der Waals surface area contributed by atoms with Gasteiger partial charge in [-0.3, -0.25) is 0 Å². The van der Waals surface area contributed by atoms with Crippen LogP contribution in [0.1, 0.15) is 22.3 Å². The summed E-state index contributed by atoms with van der Waals surface area (Å²) < 4.78 is 42.3. The van der Waals surface area contributed by atoms with Crippen molar-refractivity contribution in [1.82, 2.24) is 9.55 Å². The number of anilines is 1. The maximum atomic E-state index is 15.3. The number of thiophene rings is 1. The Hall–Kier alpha value is -3.66. The van der Waals surface area contributed by atoms with E-state index in [1.165, 1.54) is 31.5 Å². The van der Waals surface area contributed by atoms with Crippen LogP contribution in [0, 0.1) is 18.6 Å². The topological polar surface area (TPSA) is 85.6 Å². The molecule has 3 heterocycles. The molecule has 0 bridgehead atoms. The van der Waals surface area contributed by atoms with E-state index < -0.39 is 11.8 Å². The Morgan fingerprint density at radius 3 is 2.74 bits per heavy atom. The number of halogens is 2. The zero-order valence-corrected chi connectivity index (χ0v) is 19.6. The summed E-state index contributed by atoms with van der Waals surface area (Å²) in [6.07, 6.45) is 1.45. The average molecular weight is 488 g/mol. The number of hydrogen-bond donors (Lipinski definition) is 2. The Morgan fingerprint density at radius 1 is 1.24 bits per heavy atom. The first-order valence-corrected chi connectivity index (χ1v) is 11.4. The number of carboxylic acid groups (broad SMARTS) is 1. The van der Waals surface area contributed by atoms with Gasteiger partial charge >= 0.3 is 5.97 Å². The lowest BCUT2D eigenvalue weighted by Crippen LogP contribution is -2.13. The normalized spacial score (nSPS) is 11.1. The molecular weight excluding hydrogens is 464 g/mol. The molecule has 0 saturated carbocycles. The summed E-state index contributed by atoms with van der Waals surface area (Å²) in [7, 11) is 1.53. The maximum absolute atomic E-state index is 15.3. The molecule has 34 heavy (non-hydrogen) atoms. The third kappa shape index (κ3) is 4.28. The van der Waals surface area contributed by atoms with Crippen LogP contribution in [0.5, 0.6) is 11.5 Å². The largest absolute Gasteiger partial charge is 0.496 e. The van der Waals surface area contributed by atoms with Crippen molar-refractivity contribution >= 4 is 34.0 Å². The van der Waals surface area contributed by atoms with Crippen LogP contribution in [-0.4, -0.2) is 40.9 Å². The average Bonchev–Trinajstić information content (AvgIpc) is 3.37. The fourth-order valence-electron chi connectivity index (χ4n) is 3.87. The Labute approximate surface area is 198 Å². The monoisotopic (exact) mass is 487 g/mol. The minimum atomic E-state index is -1.13. The molecule has 0 unspecified atom stereocenters. The lowest BCUT2D eigenvalue weighted by Gasteiger charge is -2.12. The van der Waals surface area contributed by atoms with Crippen molar-refractivity contribution in [3.05, 3.63) is 58.7 Å². The number of carboxylic acids is 1. The number of nitrogens with zero attached hydrogens (tertiary/aromatic N) is 2. The number of fused-ring (bicyclic) bond motifs is 1. The first-order valence-electron chi connectivity index (χ1n) is 10.6. The van der Waals surface area contributed by atoms with E-state index in [2.05, 4.69) is 10.3 Å². The molecule has 178 valence electrons. The number of aromatic nitrogens is 2. The summed E-state index contributed by atoms with van der Waals surface area (Å²) in [5, 5.41) is 13.0. The first kappa shape index (κ1) is 23.5. The number of benzene rings is 1. The van der Waals surface area contributed by atoms with E-state index in [1.54, 1.807) is 17.6 Å². The molecule has 0 amide bonds. The molecule has 1 aromatic carbocycles. The molecule has 2 N–H and O–H groups in total. The van der Waals surface area contributed by atoms with Crippen molar-refractivity contribution in [3.63, 3.8) is 0 Å². The van der Waals surface area contributed by atoms with Gasteiger partial charge in [0.25, 0.3) is 0 Å². The summed E-state index contributed by atoms with van der Waals surface area (Å²) in [6.45, 7) is 4.55. The van der Waals surface area contributed by atoms with Crippen molar-refractivity contribution in [2.45, 2.75) is 20.4 Å². The predicted molar refractivity (Wildman–Crippen MR) is 127 cm³/mol. The third-order valence-corrected chi connectivity index (χ3v) is 6.51. The lowest BCUT2D eigenvalue weighted by molar-refractivity contribution is 0.0698. The number of nitrogens with one attached hydrogen (secondary N) is 1. The van der Waals surface area contributed by atoms with E-state index >= 15 is 4.39 Å².